The van der Waals surface area contributed by atoms with E-state index in [1.807, 2.05) is 25.2 Å². The molecule has 0 aliphatic heterocycles. The summed E-state index contributed by atoms with van der Waals surface area (Å²) in [5, 5.41) is 3.74. The standard InChI is InChI=1S/C23H21N2S/c1-15-18-8-6-7-9-20(18)26-22(15)21-19-11-10-17(23(2,3)24-4)14-16(19)12-13-25(21)5/h6-14H,1-3,5H3/q+1. The van der Waals surface area contributed by atoms with Crippen molar-refractivity contribution in [3.8, 4) is 10.6 Å². The van der Waals surface area contributed by atoms with E-state index in [2.05, 4.69) is 78.1 Å². The Bertz CT molecular complexity index is 1190. The van der Waals surface area contributed by atoms with Crippen molar-refractivity contribution >= 4 is 32.2 Å². The third-order valence-corrected chi connectivity index (χ3v) is 6.46. The van der Waals surface area contributed by atoms with Crippen LogP contribution in [0.25, 0.3) is 36.3 Å². The molecular formula is C23H21N2S+. The van der Waals surface area contributed by atoms with Gasteiger partial charge in [-0.25, -0.2) is 6.57 Å². The van der Waals surface area contributed by atoms with Gasteiger partial charge in [0.15, 0.2) is 6.20 Å². The molecule has 128 valence electrons. The Kier molecular flexibility index (Phi) is 3.82. The van der Waals surface area contributed by atoms with Crippen molar-refractivity contribution in [3.63, 3.8) is 0 Å². The van der Waals surface area contributed by atoms with Crippen LogP contribution >= 0.6 is 11.3 Å². The molecule has 0 radical (unpaired) electrons. The number of hydrogen-bond acceptors (Lipinski definition) is 1. The molecule has 3 heteroatoms. The minimum Gasteiger partial charge on any atom is -0.306 e. The molecule has 2 nitrogen and oxygen atoms in total. The monoisotopic (exact) mass is 357 g/mol. The third-order valence-electron chi connectivity index (χ3n) is 5.18. The maximum absolute atomic E-state index is 7.47. The maximum Gasteiger partial charge on any atom is 0.252 e. The van der Waals surface area contributed by atoms with Gasteiger partial charge in [0.1, 0.15) is 11.9 Å². The number of benzene rings is 2. The van der Waals surface area contributed by atoms with E-state index in [1.165, 1.54) is 37.0 Å². The molecule has 0 saturated carbocycles. The highest BCUT2D eigenvalue weighted by molar-refractivity contribution is 7.22. The van der Waals surface area contributed by atoms with Gasteiger partial charge in [0.05, 0.1) is 5.39 Å². The summed E-state index contributed by atoms with van der Waals surface area (Å²) in [7, 11) is 2.11. The number of nitrogens with zero attached hydrogens (tertiary/aromatic N) is 2. The summed E-state index contributed by atoms with van der Waals surface area (Å²) in [6.45, 7) is 13.6. The van der Waals surface area contributed by atoms with E-state index in [1.54, 1.807) is 0 Å². The quantitative estimate of drug-likeness (QED) is 0.307. The lowest BCUT2D eigenvalue weighted by Crippen LogP contribution is -2.30. The molecule has 0 saturated heterocycles. The molecule has 0 atom stereocenters. The van der Waals surface area contributed by atoms with Gasteiger partial charge in [0.2, 0.25) is 5.69 Å². The number of aromatic nitrogens is 1. The second kappa shape index (κ2) is 5.93. The minimum atomic E-state index is -0.500. The van der Waals surface area contributed by atoms with Gasteiger partial charge in [-0.2, -0.15) is 4.57 Å². The van der Waals surface area contributed by atoms with Crippen LogP contribution in [0.3, 0.4) is 0 Å². The molecule has 2 aromatic carbocycles. The Morgan fingerprint density at radius 1 is 1.04 bits per heavy atom. The molecule has 4 rings (SSSR count). The van der Waals surface area contributed by atoms with Gasteiger partial charge in [0.25, 0.3) is 5.54 Å². The van der Waals surface area contributed by atoms with Gasteiger partial charge in [-0.15, -0.1) is 11.3 Å². The van der Waals surface area contributed by atoms with Crippen LogP contribution in [-0.4, -0.2) is 0 Å². The molecule has 0 fully saturated rings. The Labute approximate surface area is 158 Å². The fraction of sp³-hybridized carbons (Fsp3) is 0.217. The van der Waals surface area contributed by atoms with E-state index < -0.39 is 5.54 Å². The Hall–Kier alpha value is -2.70. The summed E-state index contributed by atoms with van der Waals surface area (Å²) in [5.41, 5.74) is 3.14. The van der Waals surface area contributed by atoms with Crippen molar-refractivity contribution in [2.45, 2.75) is 26.3 Å². The van der Waals surface area contributed by atoms with Crippen molar-refractivity contribution in [2.24, 2.45) is 7.05 Å². The summed E-state index contributed by atoms with van der Waals surface area (Å²) in [6, 6.07) is 17.2. The Morgan fingerprint density at radius 2 is 1.81 bits per heavy atom. The highest BCUT2D eigenvalue weighted by Gasteiger charge is 2.27. The topological polar surface area (TPSA) is 8.24 Å². The number of pyridine rings is 1. The molecular weight excluding hydrogens is 336 g/mol. The summed E-state index contributed by atoms with van der Waals surface area (Å²) >= 11 is 1.85. The lowest BCUT2D eigenvalue weighted by molar-refractivity contribution is -0.659. The molecule has 0 unspecified atom stereocenters. The molecule has 26 heavy (non-hydrogen) atoms. The van der Waals surface area contributed by atoms with Crippen molar-refractivity contribution in [1.29, 1.82) is 0 Å². The zero-order valence-electron chi connectivity index (χ0n) is 15.5. The van der Waals surface area contributed by atoms with Crippen LogP contribution in [0.1, 0.15) is 25.0 Å². The molecule has 0 bridgehead atoms. The SMILES string of the molecule is [C-]#[N+]C(C)(C)c1ccc2c(-c3sc4ccccc4c3C)[n+](C)ccc2c1. The van der Waals surface area contributed by atoms with Crippen molar-refractivity contribution in [2.75, 3.05) is 0 Å². The second-order valence-electron chi connectivity index (χ2n) is 7.30. The van der Waals surface area contributed by atoms with Crippen LogP contribution < -0.4 is 4.57 Å². The first kappa shape index (κ1) is 16.8. The molecule has 2 heterocycles. The Morgan fingerprint density at radius 3 is 2.54 bits per heavy atom. The lowest BCUT2D eigenvalue weighted by Gasteiger charge is -2.13. The number of rotatable bonds is 2. The molecule has 2 aromatic heterocycles. The predicted octanol–water partition coefficient (Wildman–Crippen LogP) is 6.01. The average Bonchev–Trinajstić information content (AvgIpc) is 2.98. The number of hydrogen-bond donors (Lipinski definition) is 0. The van der Waals surface area contributed by atoms with E-state index in [0.29, 0.717) is 0 Å². The largest absolute Gasteiger partial charge is 0.306 e. The van der Waals surface area contributed by atoms with E-state index in [4.69, 9.17) is 6.57 Å². The summed E-state index contributed by atoms with van der Waals surface area (Å²) < 4.78 is 3.53. The third kappa shape index (κ3) is 2.50. The normalized spacial score (nSPS) is 11.8. The number of thiophene rings is 1. The van der Waals surface area contributed by atoms with Crippen LogP contribution in [0, 0.1) is 13.5 Å². The number of fused-ring (bicyclic) bond motifs is 2. The van der Waals surface area contributed by atoms with Crippen LogP contribution in [0.4, 0.5) is 0 Å². The van der Waals surface area contributed by atoms with E-state index in [9.17, 15) is 0 Å². The van der Waals surface area contributed by atoms with Gasteiger partial charge in [0, 0.05) is 30.2 Å². The lowest BCUT2D eigenvalue weighted by atomic mass is 9.92. The first-order valence-electron chi connectivity index (χ1n) is 8.72. The molecule has 0 amide bonds. The van der Waals surface area contributed by atoms with Crippen LogP contribution in [-0.2, 0) is 12.6 Å². The van der Waals surface area contributed by atoms with Gasteiger partial charge >= 0.3 is 0 Å². The van der Waals surface area contributed by atoms with E-state index in [-0.39, 0.29) is 0 Å². The Balaban J connectivity index is 2.02. The summed E-state index contributed by atoms with van der Waals surface area (Å²) in [5.74, 6) is 0. The highest BCUT2D eigenvalue weighted by atomic mass is 32.1. The fourth-order valence-corrected chi connectivity index (χ4v) is 4.81. The van der Waals surface area contributed by atoms with Crippen molar-refractivity contribution in [1.82, 2.24) is 0 Å². The van der Waals surface area contributed by atoms with Gasteiger partial charge < -0.3 is 4.85 Å². The smallest absolute Gasteiger partial charge is 0.252 e. The van der Waals surface area contributed by atoms with Crippen LogP contribution in [0.15, 0.2) is 54.7 Å². The minimum absolute atomic E-state index is 0.500. The zero-order valence-corrected chi connectivity index (χ0v) is 16.3. The predicted molar refractivity (Wildman–Crippen MR) is 110 cm³/mol. The van der Waals surface area contributed by atoms with Crippen molar-refractivity contribution < 1.29 is 4.57 Å². The summed E-state index contributed by atoms with van der Waals surface area (Å²) in [6.07, 6.45) is 2.12. The van der Waals surface area contributed by atoms with Gasteiger partial charge in [-0.05, 0) is 41.5 Å². The van der Waals surface area contributed by atoms with Gasteiger partial charge in [-0.1, -0.05) is 24.3 Å². The summed E-state index contributed by atoms with van der Waals surface area (Å²) in [4.78, 5) is 5.10. The van der Waals surface area contributed by atoms with Crippen molar-refractivity contribution in [3.05, 3.63) is 77.3 Å². The highest BCUT2D eigenvalue weighted by Crippen LogP contribution is 2.39. The first-order valence-corrected chi connectivity index (χ1v) is 9.54. The fourth-order valence-electron chi connectivity index (χ4n) is 3.50. The molecule has 0 spiro atoms. The number of aryl methyl sites for hydroxylation is 2. The molecule has 4 aromatic rings. The van der Waals surface area contributed by atoms with Crippen LogP contribution in [0.2, 0.25) is 0 Å². The second-order valence-corrected chi connectivity index (χ2v) is 8.35. The van der Waals surface area contributed by atoms with Crippen LogP contribution in [0.5, 0.6) is 0 Å². The molecule has 0 aliphatic rings. The van der Waals surface area contributed by atoms with Gasteiger partial charge in [-0.3, -0.25) is 0 Å². The molecule has 0 aliphatic carbocycles. The maximum atomic E-state index is 7.47. The first-order chi connectivity index (χ1) is 12.4. The zero-order chi connectivity index (χ0) is 18.5. The average molecular weight is 358 g/mol. The van der Waals surface area contributed by atoms with E-state index >= 15 is 0 Å². The van der Waals surface area contributed by atoms with E-state index in [0.717, 1.165) is 5.56 Å². The molecule has 0 N–H and O–H groups in total.